The molecular weight excluding hydrogens is 290 g/mol. The van der Waals surface area contributed by atoms with Crippen molar-refractivity contribution in [2.75, 3.05) is 0 Å². The molecule has 0 spiro atoms. The van der Waals surface area contributed by atoms with Crippen molar-refractivity contribution in [3.05, 3.63) is 74.3 Å². The van der Waals surface area contributed by atoms with Crippen molar-refractivity contribution in [1.82, 2.24) is 0 Å². The zero-order valence-electron chi connectivity index (χ0n) is 10.0. The number of nitrogens with two attached hydrogens (primary N) is 1. The predicted molar refractivity (Wildman–Crippen MR) is 70.5 cm³/mol. The summed E-state index contributed by atoms with van der Waals surface area (Å²) < 4.78 is 26.5. The van der Waals surface area contributed by atoms with Gasteiger partial charge >= 0.3 is 0 Å². The van der Waals surface area contributed by atoms with Crippen LogP contribution >= 0.6 is 11.6 Å². The second-order valence-corrected chi connectivity index (χ2v) is 4.58. The van der Waals surface area contributed by atoms with Crippen molar-refractivity contribution in [3.8, 4) is 0 Å². The summed E-state index contributed by atoms with van der Waals surface area (Å²) in [4.78, 5) is 10.1. The van der Waals surface area contributed by atoms with Crippen LogP contribution in [0.1, 0.15) is 17.2 Å². The van der Waals surface area contributed by atoms with E-state index in [2.05, 4.69) is 0 Å². The summed E-state index contributed by atoms with van der Waals surface area (Å²) in [6.45, 7) is 0. The van der Waals surface area contributed by atoms with Crippen molar-refractivity contribution < 1.29 is 13.7 Å². The van der Waals surface area contributed by atoms with E-state index in [1.807, 2.05) is 0 Å². The molecule has 0 radical (unpaired) electrons. The minimum atomic E-state index is -0.979. The van der Waals surface area contributed by atoms with Crippen LogP contribution in [-0.2, 0) is 0 Å². The lowest BCUT2D eigenvalue weighted by molar-refractivity contribution is -0.384. The van der Waals surface area contributed by atoms with Gasteiger partial charge in [0, 0.05) is 28.8 Å². The van der Waals surface area contributed by atoms with Gasteiger partial charge in [-0.05, 0) is 17.7 Å². The first-order valence-electron chi connectivity index (χ1n) is 5.54. The number of hydrogen-bond acceptors (Lipinski definition) is 3. The van der Waals surface area contributed by atoms with E-state index in [-0.39, 0.29) is 21.8 Å². The van der Waals surface area contributed by atoms with E-state index < -0.39 is 22.6 Å². The molecule has 0 saturated carbocycles. The Morgan fingerprint density at radius 2 is 1.90 bits per heavy atom. The predicted octanol–water partition coefficient (Wildman–Crippen LogP) is 3.57. The molecule has 0 amide bonds. The van der Waals surface area contributed by atoms with Crippen LogP contribution in [0.5, 0.6) is 0 Å². The van der Waals surface area contributed by atoms with Gasteiger partial charge in [-0.15, -0.1) is 0 Å². The van der Waals surface area contributed by atoms with Crippen LogP contribution in [0.25, 0.3) is 0 Å². The third-order valence-electron chi connectivity index (χ3n) is 2.77. The number of hydrogen-bond donors (Lipinski definition) is 1. The van der Waals surface area contributed by atoms with Crippen LogP contribution in [0.3, 0.4) is 0 Å². The van der Waals surface area contributed by atoms with E-state index in [0.717, 1.165) is 6.07 Å². The van der Waals surface area contributed by atoms with Crippen molar-refractivity contribution in [2.24, 2.45) is 5.73 Å². The van der Waals surface area contributed by atoms with Gasteiger partial charge in [-0.2, -0.15) is 0 Å². The van der Waals surface area contributed by atoms with Gasteiger partial charge in [-0.3, -0.25) is 10.1 Å². The number of non-ortho nitro benzene ring substituents is 1. The van der Waals surface area contributed by atoms with E-state index >= 15 is 0 Å². The van der Waals surface area contributed by atoms with E-state index in [9.17, 15) is 18.9 Å². The second-order valence-electron chi connectivity index (χ2n) is 4.14. The summed E-state index contributed by atoms with van der Waals surface area (Å²) >= 11 is 5.78. The summed E-state index contributed by atoms with van der Waals surface area (Å²) in [7, 11) is 0. The molecular formula is C13H9ClF2N2O2. The van der Waals surface area contributed by atoms with Crippen LogP contribution in [0, 0.1) is 21.7 Å². The molecule has 0 aliphatic rings. The monoisotopic (exact) mass is 298 g/mol. The fraction of sp³-hybridized carbons (Fsp3) is 0.0769. The molecule has 0 fully saturated rings. The molecule has 104 valence electrons. The van der Waals surface area contributed by atoms with E-state index in [0.29, 0.717) is 6.07 Å². The fourth-order valence-electron chi connectivity index (χ4n) is 1.81. The minimum Gasteiger partial charge on any atom is -0.320 e. The van der Waals surface area contributed by atoms with Gasteiger partial charge in [0.2, 0.25) is 0 Å². The smallest absolute Gasteiger partial charge is 0.271 e. The molecule has 0 heterocycles. The Morgan fingerprint density at radius 3 is 2.50 bits per heavy atom. The molecule has 1 unspecified atom stereocenters. The van der Waals surface area contributed by atoms with Gasteiger partial charge < -0.3 is 5.73 Å². The highest BCUT2D eigenvalue weighted by Gasteiger charge is 2.18. The number of halogens is 3. The van der Waals surface area contributed by atoms with Gasteiger partial charge in [0.1, 0.15) is 11.6 Å². The van der Waals surface area contributed by atoms with Crippen molar-refractivity contribution in [1.29, 1.82) is 0 Å². The number of rotatable bonds is 3. The standard InChI is InChI=1S/C13H9ClF2N2O2/c14-8-3-7(4-10(5-8)18(19)20)13(17)11-2-1-9(15)6-12(11)16/h1-6,13H,17H2. The molecule has 4 nitrogen and oxygen atoms in total. The van der Waals surface area contributed by atoms with E-state index in [1.54, 1.807) is 0 Å². The summed E-state index contributed by atoms with van der Waals surface area (Å²) in [6, 6.07) is 5.76. The molecule has 2 aromatic carbocycles. The molecule has 1 atom stereocenters. The van der Waals surface area contributed by atoms with Crippen LogP contribution in [0.4, 0.5) is 14.5 Å². The van der Waals surface area contributed by atoms with Crippen molar-refractivity contribution in [3.63, 3.8) is 0 Å². The number of nitro groups is 1. The first-order chi connectivity index (χ1) is 9.38. The lowest BCUT2D eigenvalue weighted by Gasteiger charge is -2.13. The highest BCUT2D eigenvalue weighted by Crippen LogP contribution is 2.28. The minimum absolute atomic E-state index is 0.0305. The molecule has 0 aromatic heterocycles. The highest BCUT2D eigenvalue weighted by atomic mass is 35.5. The van der Waals surface area contributed by atoms with Gasteiger partial charge in [-0.25, -0.2) is 8.78 Å². The fourth-order valence-corrected chi connectivity index (χ4v) is 2.05. The Bertz CT molecular complexity index is 679. The summed E-state index contributed by atoms with van der Waals surface area (Å²) in [6.07, 6.45) is 0. The number of benzene rings is 2. The first kappa shape index (κ1) is 14.4. The maximum absolute atomic E-state index is 13.7. The normalized spacial score (nSPS) is 12.2. The van der Waals surface area contributed by atoms with Gasteiger partial charge in [0.25, 0.3) is 5.69 Å². The Kier molecular flexibility index (Phi) is 3.96. The second kappa shape index (κ2) is 5.52. The summed E-state index contributed by atoms with van der Waals surface area (Å²) in [5.41, 5.74) is 5.92. The largest absolute Gasteiger partial charge is 0.320 e. The molecule has 20 heavy (non-hydrogen) atoms. The number of nitrogens with zero attached hydrogens (tertiary/aromatic N) is 1. The molecule has 2 aromatic rings. The number of nitro benzene ring substituents is 1. The molecule has 0 saturated heterocycles. The Hall–Kier alpha value is -2.05. The van der Waals surface area contributed by atoms with Crippen LogP contribution in [-0.4, -0.2) is 4.92 Å². The zero-order chi connectivity index (χ0) is 14.9. The zero-order valence-corrected chi connectivity index (χ0v) is 10.8. The van der Waals surface area contributed by atoms with Gasteiger partial charge in [0.15, 0.2) is 0 Å². The SMILES string of the molecule is NC(c1cc(Cl)cc([N+](=O)[O-])c1)c1ccc(F)cc1F. The third-order valence-corrected chi connectivity index (χ3v) is 2.99. The van der Waals surface area contributed by atoms with Gasteiger partial charge in [-0.1, -0.05) is 17.7 Å². The van der Waals surface area contributed by atoms with Crippen LogP contribution < -0.4 is 5.73 Å². The molecule has 2 N–H and O–H groups in total. The molecule has 0 bridgehead atoms. The van der Waals surface area contributed by atoms with Gasteiger partial charge in [0.05, 0.1) is 11.0 Å². The van der Waals surface area contributed by atoms with Crippen LogP contribution in [0.15, 0.2) is 36.4 Å². The highest BCUT2D eigenvalue weighted by molar-refractivity contribution is 6.30. The maximum atomic E-state index is 13.7. The molecule has 0 aliphatic carbocycles. The first-order valence-corrected chi connectivity index (χ1v) is 5.91. The Balaban J connectivity index is 2.47. The quantitative estimate of drug-likeness (QED) is 0.695. The topological polar surface area (TPSA) is 69.2 Å². The Morgan fingerprint density at radius 1 is 1.20 bits per heavy atom. The van der Waals surface area contributed by atoms with E-state index in [1.165, 1.54) is 24.3 Å². The van der Waals surface area contributed by atoms with E-state index in [4.69, 9.17) is 17.3 Å². The molecule has 2 rings (SSSR count). The van der Waals surface area contributed by atoms with Crippen molar-refractivity contribution in [2.45, 2.75) is 6.04 Å². The average molecular weight is 299 g/mol. The summed E-state index contributed by atoms with van der Waals surface area (Å²) in [5.74, 6) is -1.55. The molecule has 7 heteroatoms. The lowest BCUT2D eigenvalue weighted by atomic mass is 9.98. The Labute approximate surface area is 117 Å². The third kappa shape index (κ3) is 2.92. The molecule has 0 aliphatic heterocycles. The average Bonchev–Trinajstić information content (AvgIpc) is 2.37. The lowest BCUT2D eigenvalue weighted by Crippen LogP contribution is -2.14. The van der Waals surface area contributed by atoms with Crippen molar-refractivity contribution >= 4 is 17.3 Å². The summed E-state index contributed by atoms with van der Waals surface area (Å²) in [5, 5.41) is 10.9. The maximum Gasteiger partial charge on any atom is 0.271 e. The van der Waals surface area contributed by atoms with Crippen LogP contribution in [0.2, 0.25) is 5.02 Å².